The van der Waals surface area contributed by atoms with Gasteiger partial charge in [0.2, 0.25) is 0 Å². The molecule has 1 aromatic carbocycles. The largest absolute Gasteiger partial charge is 0.278 e. The summed E-state index contributed by atoms with van der Waals surface area (Å²) < 4.78 is 26.3. The first-order valence-electron chi connectivity index (χ1n) is 4.31. The fraction of sp³-hybridized carbons (Fsp3) is 0. The molecule has 2 rings (SSSR count). The average Bonchev–Trinajstić information content (AvgIpc) is 2.69. The summed E-state index contributed by atoms with van der Waals surface area (Å²) in [5.41, 5.74) is 0.334. The van der Waals surface area contributed by atoms with Gasteiger partial charge in [-0.15, -0.1) is 11.3 Å². The van der Waals surface area contributed by atoms with E-state index in [2.05, 4.69) is 10.8 Å². The van der Waals surface area contributed by atoms with Crippen LogP contribution in [0, 0.1) is 6.07 Å². The van der Waals surface area contributed by atoms with Gasteiger partial charge in [-0.3, -0.25) is 4.72 Å². The molecule has 0 aliphatic rings. The fourth-order valence-electron chi connectivity index (χ4n) is 1.11. The average molecular weight is 273 g/mol. The van der Waals surface area contributed by atoms with E-state index in [0.29, 0.717) is 10.7 Å². The van der Waals surface area contributed by atoms with Gasteiger partial charge in [-0.1, -0.05) is 23.7 Å². The number of hydrogen-bond acceptors (Lipinski definition) is 3. The Balaban J connectivity index is 2.29. The van der Waals surface area contributed by atoms with Crippen molar-refractivity contribution in [3.63, 3.8) is 0 Å². The van der Waals surface area contributed by atoms with Crippen molar-refractivity contribution in [1.29, 1.82) is 0 Å². The zero-order valence-corrected chi connectivity index (χ0v) is 10.4. The van der Waals surface area contributed by atoms with Crippen LogP contribution in [0.2, 0.25) is 5.02 Å². The number of nitrogens with one attached hydrogen (secondary N) is 1. The highest BCUT2D eigenvalue weighted by Crippen LogP contribution is 2.21. The summed E-state index contributed by atoms with van der Waals surface area (Å²) in [7, 11) is -3.51. The lowest BCUT2D eigenvalue weighted by Gasteiger charge is -2.05. The normalized spacial score (nSPS) is 11.3. The minimum absolute atomic E-state index is 0.265. The summed E-state index contributed by atoms with van der Waals surface area (Å²) in [5, 5.41) is 2.17. The number of benzene rings is 1. The van der Waals surface area contributed by atoms with Gasteiger partial charge in [0.15, 0.2) is 0 Å². The minimum atomic E-state index is -3.51. The van der Waals surface area contributed by atoms with Gasteiger partial charge in [0.05, 0.1) is 5.69 Å². The first-order valence-corrected chi connectivity index (χ1v) is 7.05. The molecule has 1 heterocycles. The second kappa shape index (κ2) is 4.45. The first kappa shape index (κ1) is 11.4. The number of thiophene rings is 1. The molecule has 0 aliphatic heterocycles. The maximum absolute atomic E-state index is 11.8. The van der Waals surface area contributed by atoms with Crippen LogP contribution in [0.25, 0.3) is 0 Å². The van der Waals surface area contributed by atoms with Gasteiger partial charge in [-0.2, -0.15) is 0 Å². The van der Waals surface area contributed by atoms with Crippen LogP contribution in [0.15, 0.2) is 39.9 Å². The van der Waals surface area contributed by atoms with Gasteiger partial charge >= 0.3 is 0 Å². The summed E-state index contributed by atoms with van der Waals surface area (Å²) in [6.45, 7) is 0. The van der Waals surface area contributed by atoms with E-state index in [0.717, 1.165) is 11.3 Å². The van der Waals surface area contributed by atoms with Gasteiger partial charge < -0.3 is 0 Å². The maximum atomic E-state index is 11.8. The summed E-state index contributed by atoms with van der Waals surface area (Å²) in [6.07, 6.45) is 0. The molecule has 1 aromatic heterocycles. The van der Waals surface area contributed by atoms with Crippen molar-refractivity contribution < 1.29 is 8.42 Å². The van der Waals surface area contributed by atoms with Crippen molar-refractivity contribution in [2.24, 2.45) is 0 Å². The zero-order valence-electron chi connectivity index (χ0n) is 7.98. The van der Waals surface area contributed by atoms with Gasteiger partial charge in [0.25, 0.3) is 10.0 Å². The van der Waals surface area contributed by atoms with Crippen LogP contribution in [0.5, 0.6) is 0 Å². The van der Waals surface area contributed by atoms with E-state index in [-0.39, 0.29) is 4.21 Å². The topological polar surface area (TPSA) is 46.2 Å². The predicted molar refractivity (Wildman–Crippen MR) is 65.4 cm³/mol. The van der Waals surface area contributed by atoms with E-state index in [1.54, 1.807) is 23.6 Å². The summed E-state index contributed by atoms with van der Waals surface area (Å²) in [6, 6.07) is 10.7. The Hall–Kier alpha value is -1.04. The van der Waals surface area contributed by atoms with Gasteiger partial charge in [-0.05, 0) is 23.6 Å². The Bertz CT molecular complexity index is 579. The molecule has 2 aromatic rings. The summed E-state index contributed by atoms with van der Waals surface area (Å²) in [5.74, 6) is 0. The van der Waals surface area contributed by atoms with E-state index in [1.165, 1.54) is 12.1 Å². The van der Waals surface area contributed by atoms with Crippen LogP contribution < -0.4 is 4.72 Å². The van der Waals surface area contributed by atoms with Crippen molar-refractivity contribution in [2.45, 2.75) is 4.21 Å². The van der Waals surface area contributed by atoms with Crippen LogP contribution in [0.1, 0.15) is 0 Å². The second-order valence-electron chi connectivity index (χ2n) is 2.96. The third-order valence-corrected chi connectivity index (χ3v) is 4.77. The first-order chi connectivity index (χ1) is 7.58. The van der Waals surface area contributed by atoms with Crippen LogP contribution >= 0.6 is 22.9 Å². The van der Waals surface area contributed by atoms with E-state index >= 15 is 0 Å². The number of rotatable bonds is 3. The number of hydrogen-bond donors (Lipinski definition) is 1. The molecular formula is C10H7ClNO2S2. The molecule has 0 fully saturated rings. The number of halogens is 1. The van der Waals surface area contributed by atoms with Gasteiger partial charge in [-0.25, -0.2) is 8.42 Å². The smallest absolute Gasteiger partial charge is 0.271 e. The van der Waals surface area contributed by atoms with Crippen LogP contribution in [0.3, 0.4) is 0 Å². The zero-order chi connectivity index (χ0) is 11.6. The van der Waals surface area contributed by atoms with E-state index in [9.17, 15) is 8.42 Å². The third-order valence-electron chi connectivity index (χ3n) is 1.77. The Morgan fingerprint density at radius 3 is 2.81 bits per heavy atom. The molecule has 0 saturated carbocycles. The van der Waals surface area contributed by atoms with E-state index < -0.39 is 10.0 Å². The Morgan fingerprint density at radius 1 is 1.38 bits per heavy atom. The second-order valence-corrected chi connectivity index (χ2v) is 6.25. The Kier molecular flexibility index (Phi) is 3.18. The molecule has 0 amide bonds. The number of anilines is 1. The van der Waals surface area contributed by atoms with Crippen LogP contribution in [-0.4, -0.2) is 8.42 Å². The van der Waals surface area contributed by atoms with Gasteiger partial charge in [0, 0.05) is 11.1 Å². The molecule has 0 aliphatic carbocycles. The fourth-order valence-corrected chi connectivity index (χ4v) is 3.29. The van der Waals surface area contributed by atoms with Crippen molar-refractivity contribution in [1.82, 2.24) is 0 Å². The van der Waals surface area contributed by atoms with E-state index in [1.807, 2.05) is 0 Å². The molecule has 83 valence electrons. The molecule has 0 atom stereocenters. The monoisotopic (exact) mass is 272 g/mol. The van der Waals surface area contributed by atoms with Crippen molar-refractivity contribution in [3.8, 4) is 0 Å². The quantitative estimate of drug-likeness (QED) is 0.934. The van der Waals surface area contributed by atoms with Crippen LogP contribution in [-0.2, 0) is 10.0 Å². The lowest BCUT2D eigenvalue weighted by molar-refractivity contribution is 0.603. The summed E-state index contributed by atoms with van der Waals surface area (Å²) in [4.78, 5) is 0. The Morgan fingerprint density at radius 2 is 2.19 bits per heavy atom. The molecule has 6 heteroatoms. The lowest BCUT2D eigenvalue weighted by atomic mass is 10.3. The maximum Gasteiger partial charge on any atom is 0.271 e. The molecule has 1 N–H and O–H groups in total. The van der Waals surface area contributed by atoms with Gasteiger partial charge in [0.1, 0.15) is 4.21 Å². The highest BCUT2D eigenvalue weighted by Gasteiger charge is 2.14. The SMILES string of the molecule is O=S(=O)(Nc1[c]ccc(Cl)c1)c1cccs1. The highest BCUT2D eigenvalue weighted by molar-refractivity contribution is 7.94. The Labute approximate surface area is 103 Å². The molecule has 0 spiro atoms. The highest BCUT2D eigenvalue weighted by atomic mass is 35.5. The van der Waals surface area contributed by atoms with Crippen molar-refractivity contribution in [3.05, 3.63) is 46.8 Å². The van der Waals surface area contributed by atoms with Crippen molar-refractivity contribution in [2.75, 3.05) is 4.72 Å². The minimum Gasteiger partial charge on any atom is -0.278 e. The molecule has 16 heavy (non-hydrogen) atoms. The predicted octanol–water partition coefficient (Wildman–Crippen LogP) is 3.00. The molecule has 3 nitrogen and oxygen atoms in total. The standard InChI is InChI=1S/C10H7ClNO2S2/c11-8-3-1-4-9(7-8)12-16(13,14)10-5-2-6-15-10/h1-3,5-7,12H. The lowest BCUT2D eigenvalue weighted by Crippen LogP contribution is -2.11. The molecule has 1 radical (unpaired) electrons. The van der Waals surface area contributed by atoms with E-state index in [4.69, 9.17) is 11.6 Å². The third kappa shape index (κ3) is 2.55. The molecular weight excluding hydrogens is 266 g/mol. The molecule has 0 saturated heterocycles. The molecule has 0 unspecified atom stereocenters. The summed E-state index contributed by atoms with van der Waals surface area (Å²) >= 11 is 6.90. The number of sulfonamides is 1. The van der Waals surface area contributed by atoms with Crippen LogP contribution in [0.4, 0.5) is 5.69 Å². The molecule has 0 bridgehead atoms. The van der Waals surface area contributed by atoms with Crippen molar-refractivity contribution >= 4 is 38.6 Å².